The van der Waals surface area contributed by atoms with E-state index in [2.05, 4.69) is 28.1 Å². The summed E-state index contributed by atoms with van der Waals surface area (Å²) in [5.74, 6) is -1.47. The van der Waals surface area contributed by atoms with E-state index in [9.17, 15) is 19.2 Å². The summed E-state index contributed by atoms with van der Waals surface area (Å²) >= 11 is 0. The first-order valence-electron chi connectivity index (χ1n) is 19.8. The predicted molar refractivity (Wildman–Crippen MR) is 218 cm³/mol. The molecule has 6 rings (SSSR count). The van der Waals surface area contributed by atoms with Crippen molar-refractivity contribution in [1.82, 2.24) is 16.0 Å². The maximum absolute atomic E-state index is 13.8. The largest absolute Gasteiger partial charge is 0.489 e. The van der Waals surface area contributed by atoms with Gasteiger partial charge in [-0.2, -0.15) is 0 Å². The van der Waals surface area contributed by atoms with Crippen molar-refractivity contribution < 1.29 is 43.2 Å². The summed E-state index contributed by atoms with van der Waals surface area (Å²) in [7, 11) is 0. The van der Waals surface area contributed by atoms with E-state index in [0.29, 0.717) is 25.2 Å². The number of esters is 1. The first kappa shape index (κ1) is 41.6. The van der Waals surface area contributed by atoms with Crippen LogP contribution in [0.15, 0.2) is 115 Å². The Kier molecular flexibility index (Phi) is 15.5. The molecule has 0 radical (unpaired) electrons. The number of cyclic esters (lactones) is 1. The molecule has 0 unspecified atom stereocenters. The van der Waals surface area contributed by atoms with E-state index in [-0.39, 0.29) is 76.6 Å². The third-order valence-corrected chi connectivity index (χ3v) is 10.2. The van der Waals surface area contributed by atoms with Gasteiger partial charge >= 0.3 is 12.1 Å². The highest BCUT2D eigenvalue weighted by atomic mass is 16.6. The summed E-state index contributed by atoms with van der Waals surface area (Å²) in [6, 6.07) is 31.8. The maximum atomic E-state index is 13.8. The van der Waals surface area contributed by atoms with Crippen molar-refractivity contribution >= 4 is 23.9 Å². The Morgan fingerprint density at radius 2 is 1.53 bits per heavy atom. The van der Waals surface area contributed by atoms with E-state index in [1.807, 2.05) is 103 Å². The van der Waals surface area contributed by atoms with Crippen molar-refractivity contribution in [2.24, 2.45) is 5.92 Å². The molecule has 12 heteroatoms. The lowest BCUT2D eigenvalue weighted by Crippen LogP contribution is -2.46. The molecule has 4 aromatic carbocycles. The Morgan fingerprint density at radius 3 is 2.26 bits per heavy atom. The van der Waals surface area contributed by atoms with Gasteiger partial charge in [-0.15, -0.1) is 0 Å². The van der Waals surface area contributed by atoms with E-state index < -0.39 is 30.1 Å². The van der Waals surface area contributed by atoms with Crippen molar-refractivity contribution in [2.75, 3.05) is 39.6 Å². The Balaban J connectivity index is 1.11. The van der Waals surface area contributed by atoms with Crippen molar-refractivity contribution in [3.8, 4) is 16.9 Å². The Hall–Kier alpha value is -5.98. The molecule has 4 aromatic rings. The van der Waals surface area contributed by atoms with Crippen LogP contribution >= 0.6 is 0 Å². The monoisotopic (exact) mass is 789 g/mol. The molecule has 3 atom stereocenters. The zero-order valence-corrected chi connectivity index (χ0v) is 32.5. The lowest BCUT2D eigenvalue weighted by molar-refractivity contribution is -0.147. The Labute approximate surface area is 338 Å². The molecule has 3 amide bonds. The molecule has 12 nitrogen and oxygen atoms in total. The minimum Gasteiger partial charge on any atom is -0.489 e. The second kappa shape index (κ2) is 21.5. The van der Waals surface area contributed by atoms with Crippen LogP contribution in [-0.2, 0) is 41.6 Å². The van der Waals surface area contributed by atoms with Gasteiger partial charge in [-0.3, -0.25) is 9.59 Å². The van der Waals surface area contributed by atoms with Gasteiger partial charge in [0.1, 0.15) is 31.6 Å². The fourth-order valence-corrected chi connectivity index (χ4v) is 7.18. The number of hydrogen-bond donors (Lipinski definition) is 4. The second-order valence-electron chi connectivity index (χ2n) is 14.4. The standard InChI is InChI=1S/C46H51N3O9/c50-24-26-55-25-23-47-43(51)28-34-13-5-2-6-18-42(49-46(54)58-31-41-39-16-9-7-14-37(39)38-15-8-10-17-40(38)41)45(53)57-30-35(48-44(34)52)27-32-19-21-36(22-20-32)56-29-33-11-3-1-4-12-33/h1-5,7-12,14-17,19-22,34-35,41-42,50H,6,13,18,23-31H2,(H,47,51)(H,48,52)(H,49,54)/t34-,35+,42+/m1/s1. The molecule has 2 aliphatic rings. The zero-order chi connectivity index (χ0) is 40.5. The van der Waals surface area contributed by atoms with Crippen LogP contribution in [0, 0.1) is 5.92 Å². The van der Waals surface area contributed by atoms with Gasteiger partial charge in [0.25, 0.3) is 0 Å². The predicted octanol–water partition coefficient (Wildman–Crippen LogP) is 5.61. The molecule has 0 spiro atoms. The molecule has 0 bridgehead atoms. The molecule has 1 aliphatic carbocycles. The third kappa shape index (κ3) is 12.0. The number of rotatable bonds is 15. The van der Waals surface area contributed by atoms with Gasteiger partial charge in [0.15, 0.2) is 0 Å². The van der Waals surface area contributed by atoms with Crippen molar-refractivity contribution in [2.45, 2.75) is 56.7 Å². The first-order valence-corrected chi connectivity index (χ1v) is 19.8. The second-order valence-corrected chi connectivity index (χ2v) is 14.4. The lowest BCUT2D eigenvalue weighted by Gasteiger charge is -2.24. The molecule has 304 valence electrons. The quantitative estimate of drug-likeness (QED) is 0.0682. The molecule has 1 aliphatic heterocycles. The van der Waals surface area contributed by atoms with Gasteiger partial charge in [-0.1, -0.05) is 103 Å². The summed E-state index contributed by atoms with van der Waals surface area (Å²) in [6.45, 7) is 0.868. The average molecular weight is 790 g/mol. The molecule has 0 saturated carbocycles. The van der Waals surface area contributed by atoms with Crippen molar-refractivity contribution in [1.29, 1.82) is 0 Å². The van der Waals surface area contributed by atoms with E-state index in [0.717, 1.165) is 33.4 Å². The number of ether oxygens (including phenoxy) is 4. The lowest BCUT2D eigenvalue weighted by atomic mass is 9.97. The number of aliphatic hydroxyl groups is 1. The number of carbonyl (C=O) groups excluding carboxylic acids is 4. The van der Waals surface area contributed by atoms with Gasteiger partial charge in [0.2, 0.25) is 11.8 Å². The summed E-state index contributed by atoms with van der Waals surface area (Å²) in [6.07, 6.45) is 4.07. The van der Waals surface area contributed by atoms with Gasteiger partial charge in [-0.25, -0.2) is 9.59 Å². The fraction of sp³-hybridized carbons (Fsp3) is 0.348. The van der Waals surface area contributed by atoms with Crippen LogP contribution in [0.5, 0.6) is 5.75 Å². The molecule has 58 heavy (non-hydrogen) atoms. The highest BCUT2D eigenvalue weighted by Crippen LogP contribution is 2.44. The minimum absolute atomic E-state index is 0.0674. The summed E-state index contributed by atoms with van der Waals surface area (Å²) in [5, 5.41) is 17.4. The molecular formula is C46H51N3O9. The third-order valence-electron chi connectivity index (χ3n) is 10.2. The van der Waals surface area contributed by atoms with Crippen LogP contribution in [0.4, 0.5) is 4.79 Å². The van der Waals surface area contributed by atoms with Crippen LogP contribution < -0.4 is 20.7 Å². The molecule has 0 aromatic heterocycles. The molecule has 0 fully saturated rings. The van der Waals surface area contributed by atoms with Crippen LogP contribution in [-0.4, -0.2) is 80.6 Å². The topological polar surface area (TPSA) is 162 Å². The number of allylic oxidation sites excluding steroid dienone is 2. The van der Waals surface area contributed by atoms with Crippen LogP contribution in [0.2, 0.25) is 0 Å². The number of alkyl carbamates (subject to hydrolysis) is 1. The van der Waals surface area contributed by atoms with E-state index in [4.69, 9.17) is 24.1 Å². The van der Waals surface area contributed by atoms with Gasteiger partial charge in [-0.05, 0) is 71.2 Å². The smallest absolute Gasteiger partial charge is 0.407 e. The number of nitrogens with one attached hydrogen (secondary N) is 3. The number of hydrogen-bond acceptors (Lipinski definition) is 9. The summed E-state index contributed by atoms with van der Waals surface area (Å²) < 4.78 is 22.7. The molecule has 4 N–H and O–H groups in total. The SMILES string of the molecule is O=C(C[C@H]1CC=CCC[C@H](NC(=O)OCC2c3ccccc3-c3ccccc32)C(=O)OC[C@H](Cc2ccc(OCc3ccccc3)cc2)NC1=O)NCCOCCO. The number of benzene rings is 4. The number of aliphatic hydroxyl groups excluding tert-OH is 1. The van der Waals surface area contributed by atoms with Crippen LogP contribution in [0.25, 0.3) is 11.1 Å². The fourth-order valence-electron chi connectivity index (χ4n) is 7.18. The summed E-state index contributed by atoms with van der Waals surface area (Å²) in [5.41, 5.74) is 6.28. The van der Waals surface area contributed by atoms with Gasteiger partial charge in [0.05, 0.1) is 31.8 Å². The maximum Gasteiger partial charge on any atom is 0.407 e. The van der Waals surface area contributed by atoms with Crippen molar-refractivity contribution in [3.63, 3.8) is 0 Å². The highest BCUT2D eigenvalue weighted by Gasteiger charge is 2.31. The van der Waals surface area contributed by atoms with E-state index >= 15 is 0 Å². The number of fused-ring (bicyclic) bond motifs is 3. The van der Waals surface area contributed by atoms with Gasteiger partial charge < -0.3 is 40.0 Å². The van der Waals surface area contributed by atoms with E-state index in [1.165, 1.54) is 0 Å². The first-order chi connectivity index (χ1) is 28.4. The molecule has 0 saturated heterocycles. The molecule has 1 heterocycles. The van der Waals surface area contributed by atoms with Gasteiger partial charge in [0, 0.05) is 18.9 Å². The average Bonchev–Trinajstić information content (AvgIpc) is 3.57. The number of carbonyl (C=O) groups is 4. The minimum atomic E-state index is -1.01. The Morgan fingerprint density at radius 1 is 0.828 bits per heavy atom. The van der Waals surface area contributed by atoms with Crippen LogP contribution in [0.3, 0.4) is 0 Å². The van der Waals surface area contributed by atoms with Crippen LogP contribution in [0.1, 0.15) is 53.9 Å². The van der Waals surface area contributed by atoms with Crippen molar-refractivity contribution in [3.05, 3.63) is 138 Å². The zero-order valence-electron chi connectivity index (χ0n) is 32.5. The highest BCUT2D eigenvalue weighted by molar-refractivity contribution is 5.86. The number of amides is 3. The van der Waals surface area contributed by atoms with E-state index in [1.54, 1.807) is 0 Å². The summed E-state index contributed by atoms with van der Waals surface area (Å²) in [4.78, 5) is 53.5. The Bertz CT molecular complexity index is 1960. The normalized spacial score (nSPS) is 18.3. The molecular weight excluding hydrogens is 739 g/mol.